The minimum Gasteiger partial charge on any atom is -0.490 e. The van der Waals surface area contributed by atoms with Gasteiger partial charge >= 0.3 is 0 Å². The SMILES string of the molecule is CC(C)[C@H]1C[C@H](Oc2ccc(F)c(F)c2)C1. The summed E-state index contributed by atoms with van der Waals surface area (Å²) in [6, 6.07) is 3.68. The maximum Gasteiger partial charge on any atom is 0.162 e. The second kappa shape index (κ2) is 4.40. The molecule has 0 bridgehead atoms. The van der Waals surface area contributed by atoms with E-state index in [2.05, 4.69) is 13.8 Å². The van der Waals surface area contributed by atoms with Crippen LogP contribution in [0.3, 0.4) is 0 Å². The summed E-state index contributed by atoms with van der Waals surface area (Å²) in [5.41, 5.74) is 0. The smallest absolute Gasteiger partial charge is 0.162 e. The lowest BCUT2D eigenvalue weighted by Gasteiger charge is -2.37. The van der Waals surface area contributed by atoms with Gasteiger partial charge in [0.1, 0.15) is 5.75 Å². The number of ether oxygens (including phenoxy) is 1. The molecule has 1 aliphatic carbocycles. The lowest BCUT2D eigenvalue weighted by Crippen LogP contribution is -2.36. The molecular formula is C13H16F2O. The zero-order valence-corrected chi connectivity index (χ0v) is 9.54. The van der Waals surface area contributed by atoms with Crippen LogP contribution in [0, 0.1) is 23.5 Å². The Balaban J connectivity index is 1.89. The fraction of sp³-hybridized carbons (Fsp3) is 0.538. The molecule has 0 aliphatic heterocycles. The number of hydrogen-bond donors (Lipinski definition) is 0. The van der Waals surface area contributed by atoms with E-state index in [1.165, 1.54) is 6.07 Å². The Morgan fingerprint density at radius 3 is 2.44 bits per heavy atom. The summed E-state index contributed by atoms with van der Waals surface area (Å²) in [5, 5.41) is 0. The van der Waals surface area contributed by atoms with Crippen molar-refractivity contribution in [3.8, 4) is 5.75 Å². The molecule has 2 rings (SSSR count). The average molecular weight is 226 g/mol. The lowest BCUT2D eigenvalue weighted by molar-refractivity contribution is 0.0414. The molecule has 0 saturated heterocycles. The van der Waals surface area contributed by atoms with Crippen LogP contribution in [0.2, 0.25) is 0 Å². The predicted octanol–water partition coefficient (Wildman–Crippen LogP) is 3.78. The standard InChI is InChI=1S/C13H16F2O/c1-8(2)9-5-11(6-9)16-10-3-4-12(14)13(15)7-10/h3-4,7-9,11H,5-6H2,1-2H3/t9-,11-. The summed E-state index contributed by atoms with van der Waals surface area (Å²) in [5.74, 6) is 0.115. The Bertz CT molecular complexity index is 370. The second-order valence-electron chi connectivity index (χ2n) is 4.79. The van der Waals surface area contributed by atoms with Gasteiger partial charge in [0.15, 0.2) is 11.6 Å². The first-order valence-electron chi connectivity index (χ1n) is 5.68. The van der Waals surface area contributed by atoms with Gasteiger partial charge in [-0.3, -0.25) is 0 Å². The summed E-state index contributed by atoms with van der Waals surface area (Å²) in [4.78, 5) is 0. The molecule has 0 atom stereocenters. The third-order valence-corrected chi connectivity index (χ3v) is 3.27. The number of rotatable bonds is 3. The van der Waals surface area contributed by atoms with Crippen molar-refractivity contribution in [3.05, 3.63) is 29.8 Å². The van der Waals surface area contributed by atoms with Crippen molar-refractivity contribution in [1.82, 2.24) is 0 Å². The van der Waals surface area contributed by atoms with Crippen LogP contribution >= 0.6 is 0 Å². The molecule has 88 valence electrons. The Morgan fingerprint density at radius 1 is 1.19 bits per heavy atom. The van der Waals surface area contributed by atoms with Crippen molar-refractivity contribution in [1.29, 1.82) is 0 Å². The maximum atomic E-state index is 12.9. The van der Waals surface area contributed by atoms with Gasteiger partial charge in [-0.25, -0.2) is 8.78 Å². The van der Waals surface area contributed by atoms with Gasteiger partial charge in [0.05, 0.1) is 6.10 Å². The second-order valence-corrected chi connectivity index (χ2v) is 4.79. The van der Waals surface area contributed by atoms with Crippen molar-refractivity contribution in [2.24, 2.45) is 11.8 Å². The van der Waals surface area contributed by atoms with Crippen molar-refractivity contribution < 1.29 is 13.5 Å². The van der Waals surface area contributed by atoms with Crippen LogP contribution in [0.1, 0.15) is 26.7 Å². The van der Waals surface area contributed by atoms with Gasteiger partial charge in [-0.15, -0.1) is 0 Å². The molecule has 1 aromatic carbocycles. The van der Waals surface area contributed by atoms with Gasteiger partial charge in [-0.05, 0) is 36.8 Å². The summed E-state index contributed by atoms with van der Waals surface area (Å²) in [6.45, 7) is 4.39. The van der Waals surface area contributed by atoms with Gasteiger partial charge in [-0.1, -0.05) is 13.8 Å². The number of benzene rings is 1. The van der Waals surface area contributed by atoms with Crippen molar-refractivity contribution in [2.75, 3.05) is 0 Å². The van der Waals surface area contributed by atoms with Crippen LogP contribution in [0.4, 0.5) is 8.78 Å². The van der Waals surface area contributed by atoms with Gasteiger partial charge < -0.3 is 4.74 Å². The molecule has 1 saturated carbocycles. The van der Waals surface area contributed by atoms with Crippen LogP contribution in [-0.2, 0) is 0 Å². The van der Waals surface area contributed by atoms with Crippen molar-refractivity contribution in [3.63, 3.8) is 0 Å². The molecule has 1 fully saturated rings. The molecule has 1 aliphatic rings. The molecular weight excluding hydrogens is 210 g/mol. The first-order chi connectivity index (χ1) is 7.56. The topological polar surface area (TPSA) is 9.23 Å². The molecule has 0 unspecified atom stereocenters. The molecule has 0 radical (unpaired) electrons. The van der Waals surface area contributed by atoms with Crippen LogP contribution in [0.5, 0.6) is 5.75 Å². The third-order valence-electron chi connectivity index (χ3n) is 3.27. The molecule has 0 spiro atoms. The molecule has 16 heavy (non-hydrogen) atoms. The zero-order chi connectivity index (χ0) is 11.7. The zero-order valence-electron chi connectivity index (χ0n) is 9.54. The van der Waals surface area contributed by atoms with Crippen LogP contribution < -0.4 is 4.74 Å². The third kappa shape index (κ3) is 2.34. The highest BCUT2D eigenvalue weighted by Crippen LogP contribution is 2.36. The van der Waals surface area contributed by atoms with E-state index < -0.39 is 11.6 Å². The van der Waals surface area contributed by atoms with Crippen LogP contribution in [0.25, 0.3) is 0 Å². The van der Waals surface area contributed by atoms with Crippen LogP contribution in [0.15, 0.2) is 18.2 Å². The Morgan fingerprint density at radius 2 is 1.88 bits per heavy atom. The minimum absolute atomic E-state index is 0.164. The summed E-state index contributed by atoms with van der Waals surface area (Å²) in [6.07, 6.45) is 2.19. The quantitative estimate of drug-likeness (QED) is 0.762. The molecule has 3 heteroatoms. The lowest BCUT2D eigenvalue weighted by atomic mass is 9.75. The molecule has 0 N–H and O–H groups in total. The van der Waals surface area contributed by atoms with Gasteiger partial charge in [-0.2, -0.15) is 0 Å². The van der Waals surface area contributed by atoms with Crippen molar-refractivity contribution >= 4 is 0 Å². The number of hydrogen-bond acceptors (Lipinski definition) is 1. The van der Waals surface area contributed by atoms with E-state index >= 15 is 0 Å². The van der Waals surface area contributed by atoms with Crippen LogP contribution in [-0.4, -0.2) is 6.10 Å². The number of halogens is 2. The first kappa shape index (κ1) is 11.4. The van der Waals surface area contributed by atoms with Gasteiger partial charge in [0.25, 0.3) is 0 Å². The molecule has 1 aromatic rings. The summed E-state index contributed by atoms with van der Waals surface area (Å²) in [7, 11) is 0. The largest absolute Gasteiger partial charge is 0.490 e. The Kier molecular flexibility index (Phi) is 3.13. The molecule has 0 amide bonds. The van der Waals surface area contributed by atoms with E-state index in [1.54, 1.807) is 0 Å². The summed E-state index contributed by atoms with van der Waals surface area (Å²) < 4.78 is 31.1. The average Bonchev–Trinajstić information content (AvgIpc) is 2.15. The van der Waals surface area contributed by atoms with E-state index in [0.717, 1.165) is 25.0 Å². The van der Waals surface area contributed by atoms with Crippen molar-refractivity contribution in [2.45, 2.75) is 32.8 Å². The highest BCUT2D eigenvalue weighted by molar-refractivity contribution is 5.24. The van der Waals surface area contributed by atoms with Gasteiger partial charge in [0.2, 0.25) is 0 Å². The van der Waals surface area contributed by atoms with E-state index in [1.807, 2.05) is 0 Å². The monoisotopic (exact) mass is 226 g/mol. The minimum atomic E-state index is -0.850. The normalized spacial score (nSPS) is 24.3. The van der Waals surface area contributed by atoms with E-state index in [9.17, 15) is 8.78 Å². The maximum absolute atomic E-state index is 12.9. The van der Waals surface area contributed by atoms with Gasteiger partial charge in [0, 0.05) is 6.07 Å². The molecule has 0 aromatic heterocycles. The molecule has 1 nitrogen and oxygen atoms in total. The first-order valence-corrected chi connectivity index (χ1v) is 5.68. The summed E-state index contributed by atoms with van der Waals surface area (Å²) >= 11 is 0. The highest BCUT2D eigenvalue weighted by atomic mass is 19.2. The van der Waals surface area contributed by atoms with E-state index in [4.69, 9.17) is 4.74 Å². The fourth-order valence-corrected chi connectivity index (χ4v) is 1.99. The highest BCUT2D eigenvalue weighted by Gasteiger charge is 2.32. The predicted molar refractivity (Wildman–Crippen MR) is 58.3 cm³/mol. The molecule has 0 heterocycles. The van der Waals surface area contributed by atoms with E-state index in [0.29, 0.717) is 17.6 Å². The Labute approximate surface area is 94.4 Å². The van der Waals surface area contributed by atoms with E-state index in [-0.39, 0.29) is 6.10 Å². The Hall–Kier alpha value is -1.12. The fourth-order valence-electron chi connectivity index (χ4n) is 1.99.